The number of nitrogens with zero attached hydrogens (tertiary/aromatic N) is 5. The Morgan fingerprint density at radius 2 is 1.00 bits per heavy atom. The van der Waals surface area contributed by atoms with E-state index in [1.54, 1.807) is 0 Å². The molecular weight excluding hydrogens is 478 g/mol. The minimum Gasteiger partial charge on any atom is -0.349 e. The van der Waals surface area contributed by atoms with Crippen molar-refractivity contribution >= 4 is 0 Å². The molecule has 0 aliphatic rings. The summed E-state index contributed by atoms with van der Waals surface area (Å²) in [6.07, 6.45) is 9.92. The van der Waals surface area contributed by atoms with Crippen LogP contribution in [0.1, 0.15) is 178 Å². The van der Waals surface area contributed by atoms with Crippen LogP contribution in [0.2, 0.25) is 0 Å². The lowest BCUT2D eigenvalue weighted by atomic mass is 10.1. The van der Waals surface area contributed by atoms with Gasteiger partial charge in [0.1, 0.15) is 5.82 Å². The Hall–Kier alpha value is -2.30. The molecule has 228 valence electrons. The van der Waals surface area contributed by atoms with E-state index in [1.807, 2.05) is 66.5 Å². The quantitative estimate of drug-likeness (QED) is 0.309. The van der Waals surface area contributed by atoms with E-state index in [2.05, 4.69) is 125 Å². The molecule has 0 fully saturated rings. The summed E-state index contributed by atoms with van der Waals surface area (Å²) in [6, 6.07) is 5.95. The van der Waals surface area contributed by atoms with Gasteiger partial charge < -0.3 is 13.7 Å². The Bertz CT molecular complexity index is 721. The van der Waals surface area contributed by atoms with Gasteiger partial charge in [-0.15, -0.1) is 0 Å². The van der Waals surface area contributed by atoms with Crippen molar-refractivity contribution in [2.45, 2.75) is 161 Å². The molecule has 3 aromatic rings. The van der Waals surface area contributed by atoms with Gasteiger partial charge in [0, 0.05) is 60.2 Å². The number of hydrogen-bond acceptors (Lipinski definition) is 2. The topological polar surface area (TPSA) is 40.6 Å². The Morgan fingerprint density at radius 1 is 0.538 bits per heavy atom. The van der Waals surface area contributed by atoms with Gasteiger partial charge in [-0.1, -0.05) is 83.1 Å². The van der Waals surface area contributed by atoms with Gasteiger partial charge in [0.05, 0.1) is 6.33 Å². The second-order valence-corrected chi connectivity index (χ2v) is 10.5. The van der Waals surface area contributed by atoms with Gasteiger partial charge in [0.15, 0.2) is 0 Å². The van der Waals surface area contributed by atoms with E-state index < -0.39 is 0 Å². The molecule has 0 saturated carbocycles. The Kier molecular flexibility index (Phi) is 24.9. The van der Waals surface area contributed by atoms with E-state index in [0.717, 1.165) is 0 Å². The highest BCUT2D eigenvalue weighted by Crippen LogP contribution is 2.19. The van der Waals surface area contributed by atoms with Gasteiger partial charge in [-0.25, -0.2) is 9.97 Å². The van der Waals surface area contributed by atoms with E-state index in [4.69, 9.17) is 0 Å². The third-order valence-electron chi connectivity index (χ3n) is 5.57. The normalized spacial score (nSPS) is 10.2. The summed E-state index contributed by atoms with van der Waals surface area (Å²) in [5.41, 5.74) is 2.75. The molecular formula is C34H67N5. The maximum absolute atomic E-state index is 4.30. The smallest absolute Gasteiger partial charge is 0.111 e. The molecule has 39 heavy (non-hydrogen) atoms. The Labute approximate surface area is 244 Å². The molecule has 0 saturated heterocycles. The van der Waals surface area contributed by atoms with Gasteiger partial charge >= 0.3 is 0 Å². The summed E-state index contributed by atoms with van der Waals surface area (Å²) in [6.45, 7) is 38.3. The summed E-state index contributed by atoms with van der Waals surface area (Å²) < 4.78 is 6.75. The fraction of sp³-hybridized carbons (Fsp3) is 0.706. The van der Waals surface area contributed by atoms with Crippen LogP contribution in [-0.2, 0) is 0 Å². The summed E-state index contributed by atoms with van der Waals surface area (Å²) in [4.78, 5) is 8.43. The monoisotopic (exact) mass is 546 g/mol. The maximum atomic E-state index is 4.30. The van der Waals surface area contributed by atoms with Gasteiger partial charge in [-0.3, -0.25) is 0 Å². The van der Waals surface area contributed by atoms with Crippen LogP contribution in [0.15, 0.2) is 43.2 Å². The SMILES string of the molecule is CC.CC.CC.CC(C)c1cccn1C(C)C.CC(C)c1cncn1C(C)C.CC(C)c1nccn1C(C)C. The maximum Gasteiger partial charge on any atom is 0.111 e. The van der Waals surface area contributed by atoms with Gasteiger partial charge in [0.2, 0.25) is 0 Å². The zero-order chi connectivity index (χ0) is 31.3. The van der Waals surface area contributed by atoms with Crippen molar-refractivity contribution in [3.05, 3.63) is 60.5 Å². The van der Waals surface area contributed by atoms with E-state index in [0.29, 0.717) is 35.9 Å². The zero-order valence-corrected chi connectivity index (χ0v) is 29.2. The van der Waals surface area contributed by atoms with Crippen molar-refractivity contribution in [3.8, 4) is 0 Å². The van der Waals surface area contributed by atoms with Crippen LogP contribution < -0.4 is 0 Å². The Balaban J connectivity index is -0.000000453. The molecule has 0 aromatic carbocycles. The average Bonchev–Trinajstić information content (AvgIpc) is 3.68. The summed E-state index contributed by atoms with van der Waals surface area (Å²) in [5.74, 6) is 2.90. The van der Waals surface area contributed by atoms with E-state index in [9.17, 15) is 0 Å². The van der Waals surface area contributed by atoms with Crippen LogP contribution >= 0.6 is 0 Å². The zero-order valence-electron chi connectivity index (χ0n) is 29.2. The second-order valence-electron chi connectivity index (χ2n) is 10.5. The first-order chi connectivity index (χ1) is 18.4. The summed E-state index contributed by atoms with van der Waals surface area (Å²) in [7, 11) is 0. The molecule has 0 bridgehead atoms. The van der Waals surface area contributed by atoms with Crippen LogP contribution in [0.5, 0.6) is 0 Å². The molecule has 5 heteroatoms. The summed E-state index contributed by atoms with van der Waals surface area (Å²) in [5, 5.41) is 0. The molecule has 0 radical (unpaired) electrons. The van der Waals surface area contributed by atoms with Crippen LogP contribution in [0, 0.1) is 0 Å². The Morgan fingerprint density at radius 3 is 1.31 bits per heavy atom. The van der Waals surface area contributed by atoms with E-state index in [1.165, 1.54) is 17.2 Å². The lowest BCUT2D eigenvalue weighted by Gasteiger charge is -2.14. The average molecular weight is 546 g/mol. The second kappa shape index (κ2) is 23.6. The lowest BCUT2D eigenvalue weighted by Crippen LogP contribution is -2.06. The number of aromatic nitrogens is 5. The first-order valence-electron chi connectivity index (χ1n) is 15.6. The minimum absolute atomic E-state index is 0.521. The molecule has 3 heterocycles. The predicted molar refractivity (Wildman–Crippen MR) is 176 cm³/mol. The van der Waals surface area contributed by atoms with Crippen LogP contribution in [0.25, 0.3) is 0 Å². The van der Waals surface area contributed by atoms with Crippen molar-refractivity contribution in [2.75, 3.05) is 0 Å². The first kappa shape index (κ1) is 41.2. The van der Waals surface area contributed by atoms with E-state index >= 15 is 0 Å². The van der Waals surface area contributed by atoms with Crippen molar-refractivity contribution < 1.29 is 0 Å². The molecule has 5 nitrogen and oxygen atoms in total. The lowest BCUT2D eigenvalue weighted by molar-refractivity contribution is 0.550. The molecule has 0 spiro atoms. The van der Waals surface area contributed by atoms with Crippen LogP contribution in [-0.4, -0.2) is 23.7 Å². The number of rotatable bonds is 6. The third-order valence-corrected chi connectivity index (χ3v) is 5.57. The van der Waals surface area contributed by atoms with Crippen molar-refractivity contribution in [1.29, 1.82) is 0 Å². The highest BCUT2D eigenvalue weighted by Gasteiger charge is 2.09. The molecule has 0 atom stereocenters. The van der Waals surface area contributed by atoms with Gasteiger partial charge in [-0.05, 0) is 65.5 Å². The molecule has 0 unspecified atom stereocenters. The molecule has 0 N–H and O–H groups in total. The fourth-order valence-electron chi connectivity index (χ4n) is 3.77. The minimum atomic E-state index is 0.521. The standard InChI is InChI=1S/C10H17N.2C9H16N2.3C2H6/c1-8(2)10-6-5-7-11(10)9(3)4;1-7(2)9-5-10-6-11(9)8(3)4;1-7(2)9-10-5-6-11(9)8(3)4;3*1-2/h5-9H,1-4H3;2*5-8H,1-4H3;3*1-2H3. The third kappa shape index (κ3) is 15.2. The molecule has 0 aliphatic heterocycles. The molecule has 0 amide bonds. The predicted octanol–water partition coefficient (Wildman–Crippen LogP) is 11.4. The number of imidazole rings is 2. The number of hydrogen-bond donors (Lipinski definition) is 0. The van der Waals surface area contributed by atoms with Gasteiger partial charge in [0.25, 0.3) is 0 Å². The first-order valence-corrected chi connectivity index (χ1v) is 15.6. The molecule has 0 aliphatic carbocycles. The largest absolute Gasteiger partial charge is 0.349 e. The van der Waals surface area contributed by atoms with Crippen LogP contribution in [0.3, 0.4) is 0 Å². The highest BCUT2D eigenvalue weighted by atomic mass is 15.1. The fourth-order valence-corrected chi connectivity index (χ4v) is 3.77. The highest BCUT2D eigenvalue weighted by molar-refractivity contribution is 5.11. The molecule has 3 aromatic heterocycles. The van der Waals surface area contributed by atoms with Crippen molar-refractivity contribution in [2.24, 2.45) is 0 Å². The van der Waals surface area contributed by atoms with E-state index in [-0.39, 0.29) is 0 Å². The van der Waals surface area contributed by atoms with Crippen molar-refractivity contribution in [3.63, 3.8) is 0 Å². The molecule has 3 rings (SSSR count). The van der Waals surface area contributed by atoms with Gasteiger partial charge in [-0.2, -0.15) is 0 Å². The summed E-state index contributed by atoms with van der Waals surface area (Å²) >= 11 is 0. The van der Waals surface area contributed by atoms with Crippen LogP contribution in [0.4, 0.5) is 0 Å². The van der Waals surface area contributed by atoms with Crippen molar-refractivity contribution in [1.82, 2.24) is 23.7 Å².